The Morgan fingerprint density at radius 3 is 2.10 bits per heavy atom. The number of benzene rings is 3. The molecule has 0 aliphatic heterocycles. The summed E-state index contributed by atoms with van der Waals surface area (Å²) in [6.07, 6.45) is 0. The monoisotopic (exact) mass is 280 g/mol. The second-order valence-electron chi connectivity index (χ2n) is 4.82. The molecule has 0 amide bonds. The number of ether oxygens (including phenoxy) is 1. The first kappa shape index (κ1) is 13.1. The van der Waals surface area contributed by atoms with Crippen molar-refractivity contribution in [2.45, 2.75) is 6.92 Å². The largest absolute Gasteiger partial charge is 0.478 e. The van der Waals surface area contributed by atoms with Gasteiger partial charge in [0.2, 0.25) is 0 Å². The number of rotatable bonds is 2. The van der Waals surface area contributed by atoms with Gasteiger partial charge in [-0.1, -0.05) is 12.1 Å². The zero-order valence-electron chi connectivity index (χ0n) is 11.3. The summed E-state index contributed by atoms with van der Waals surface area (Å²) in [5.41, 5.74) is 0.262. The Labute approximate surface area is 120 Å². The average Bonchev–Trinajstić information content (AvgIpc) is 2.43. The highest BCUT2D eigenvalue weighted by Crippen LogP contribution is 2.27. The fraction of sp³-hybridized carbons (Fsp3) is 0.0588. The van der Waals surface area contributed by atoms with Gasteiger partial charge in [0.15, 0.2) is 0 Å². The fourth-order valence-corrected chi connectivity index (χ4v) is 2.34. The molecule has 0 saturated carbocycles. The summed E-state index contributed by atoms with van der Waals surface area (Å²) in [6.45, 7) is 1.36. The lowest BCUT2D eigenvalue weighted by molar-refractivity contribution is -0.131. The third kappa shape index (κ3) is 2.56. The summed E-state index contributed by atoms with van der Waals surface area (Å²) < 4.78 is 5.07. The number of hydrogen-bond acceptors (Lipinski definition) is 3. The summed E-state index contributed by atoms with van der Waals surface area (Å²) in [7, 11) is 0. The third-order valence-electron chi connectivity index (χ3n) is 3.28. The topological polar surface area (TPSA) is 63.6 Å². The molecule has 0 fully saturated rings. The van der Waals surface area contributed by atoms with E-state index in [4.69, 9.17) is 9.84 Å². The minimum Gasteiger partial charge on any atom is -0.478 e. The van der Waals surface area contributed by atoms with E-state index in [-0.39, 0.29) is 11.5 Å². The lowest BCUT2D eigenvalue weighted by Gasteiger charge is -2.06. The van der Waals surface area contributed by atoms with Crippen molar-refractivity contribution in [1.82, 2.24) is 0 Å². The molecule has 0 atom stereocenters. The summed E-state index contributed by atoms with van der Waals surface area (Å²) in [6, 6.07) is 14.2. The van der Waals surface area contributed by atoms with E-state index < -0.39 is 5.97 Å². The van der Waals surface area contributed by atoms with E-state index in [1.165, 1.54) is 6.92 Å². The summed E-state index contributed by atoms with van der Waals surface area (Å²) in [5.74, 6) is -0.806. The van der Waals surface area contributed by atoms with Crippen LogP contribution in [0.2, 0.25) is 0 Å². The van der Waals surface area contributed by atoms with Crippen LogP contribution in [0.25, 0.3) is 21.5 Å². The number of fused-ring (bicyclic) bond motifs is 2. The standard InChI is InChI=1S/C17H12O4/c1-10(18)21-16-5-4-12-6-14-8-13(17(19)20)3-2-11(14)7-15(12)9-16/h2-9H,1H3,(H,19,20). The SMILES string of the molecule is CC(=O)Oc1ccc2cc3cc(C(=O)O)ccc3cc2c1. The molecule has 0 heterocycles. The fourth-order valence-electron chi connectivity index (χ4n) is 2.34. The first-order valence-corrected chi connectivity index (χ1v) is 6.42. The van der Waals surface area contributed by atoms with Crippen LogP contribution in [-0.2, 0) is 4.79 Å². The van der Waals surface area contributed by atoms with Crippen LogP contribution in [0.4, 0.5) is 0 Å². The van der Waals surface area contributed by atoms with Gasteiger partial charge in [0.05, 0.1) is 5.56 Å². The van der Waals surface area contributed by atoms with Gasteiger partial charge >= 0.3 is 11.9 Å². The van der Waals surface area contributed by atoms with E-state index >= 15 is 0 Å². The van der Waals surface area contributed by atoms with Gasteiger partial charge in [-0.3, -0.25) is 4.79 Å². The number of esters is 1. The molecule has 3 aromatic rings. The van der Waals surface area contributed by atoms with Crippen molar-refractivity contribution < 1.29 is 19.4 Å². The number of carboxylic acid groups (broad SMARTS) is 1. The molecule has 0 spiro atoms. The predicted molar refractivity (Wildman–Crippen MR) is 79.7 cm³/mol. The second kappa shape index (κ2) is 4.90. The quantitative estimate of drug-likeness (QED) is 0.442. The van der Waals surface area contributed by atoms with Crippen LogP contribution in [0.3, 0.4) is 0 Å². The van der Waals surface area contributed by atoms with Crippen LogP contribution in [0.15, 0.2) is 48.5 Å². The van der Waals surface area contributed by atoms with E-state index in [0.717, 1.165) is 21.5 Å². The van der Waals surface area contributed by atoms with E-state index in [1.54, 1.807) is 30.3 Å². The highest BCUT2D eigenvalue weighted by molar-refractivity contribution is 6.01. The first-order chi connectivity index (χ1) is 10.0. The minimum absolute atomic E-state index is 0.262. The molecule has 0 aromatic heterocycles. The van der Waals surface area contributed by atoms with Crippen LogP contribution in [0, 0.1) is 0 Å². The highest BCUT2D eigenvalue weighted by atomic mass is 16.5. The molecule has 0 aliphatic rings. The zero-order chi connectivity index (χ0) is 15.0. The van der Waals surface area contributed by atoms with Gasteiger partial charge in [-0.05, 0) is 57.9 Å². The molecule has 0 unspecified atom stereocenters. The molecule has 4 heteroatoms. The number of aromatic carboxylic acids is 1. The first-order valence-electron chi connectivity index (χ1n) is 6.42. The van der Waals surface area contributed by atoms with Gasteiger partial charge in [0.25, 0.3) is 0 Å². The van der Waals surface area contributed by atoms with Crippen LogP contribution in [0.1, 0.15) is 17.3 Å². The van der Waals surface area contributed by atoms with Crippen molar-refractivity contribution in [2.24, 2.45) is 0 Å². The Balaban J connectivity index is 2.17. The summed E-state index contributed by atoms with van der Waals surface area (Å²) in [4.78, 5) is 22.0. The van der Waals surface area contributed by atoms with Gasteiger partial charge in [0, 0.05) is 6.92 Å². The number of carbonyl (C=O) groups excluding carboxylic acids is 1. The maximum absolute atomic E-state index is 11.0. The second-order valence-corrected chi connectivity index (χ2v) is 4.82. The normalized spacial score (nSPS) is 10.7. The zero-order valence-corrected chi connectivity index (χ0v) is 11.3. The van der Waals surface area contributed by atoms with Crippen LogP contribution < -0.4 is 4.74 Å². The van der Waals surface area contributed by atoms with E-state index in [9.17, 15) is 9.59 Å². The molecule has 3 rings (SSSR count). The smallest absolute Gasteiger partial charge is 0.335 e. The van der Waals surface area contributed by atoms with Gasteiger partial charge in [-0.15, -0.1) is 0 Å². The minimum atomic E-state index is -0.942. The molecular weight excluding hydrogens is 268 g/mol. The Morgan fingerprint density at radius 2 is 1.48 bits per heavy atom. The summed E-state index contributed by atoms with van der Waals surface area (Å²) >= 11 is 0. The molecule has 3 aromatic carbocycles. The van der Waals surface area contributed by atoms with Crippen LogP contribution in [0.5, 0.6) is 5.75 Å². The number of carboxylic acids is 1. The van der Waals surface area contributed by atoms with Crippen molar-refractivity contribution in [3.8, 4) is 5.75 Å². The van der Waals surface area contributed by atoms with Crippen molar-refractivity contribution in [3.63, 3.8) is 0 Å². The van der Waals surface area contributed by atoms with Gasteiger partial charge in [-0.25, -0.2) is 4.79 Å². The molecule has 0 radical (unpaired) electrons. The Kier molecular flexibility index (Phi) is 3.06. The lowest BCUT2D eigenvalue weighted by atomic mass is 10.0. The number of carbonyl (C=O) groups is 2. The average molecular weight is 280 g/mol. The Bertz CT molecular complexity index is 880. The van der Waals surface area contributed by atoms with E-state index in [0.29, 0.717) is 5.75 Å². The molecule has 104 valence electrons. The summed E-state index contributed by atoms with van der Waals surface area (Å²) in [5, 5.41) is 12.7. The Morgan fingerprint density at radius 1 is 0.857 bits per heavy atom. The Hall–Kier alpha value is -2.88. The maximum atomic E-state index is 11.0. The molecule has 1 N–H and O–H groups in total. The molecular formula is C17H12O4. The highest BCUT2D eigenvalue weighted by Gasteiger charge is 2.06. The predicted octanol–water partition coefficient (Wildman–Crippen LogP) is 3.62. The van der Waals surface area contributed by atoms with Crippen molar-refractivity contribution in [3.05, 3.63) is 54.1 Å². The van der Waals surface area contributed by atoms with Gasteiger partial charge in [-0.2, -0.15) is 0 Å². The van der Waals surface area contributed by atoms with Crippen molar-refractivity contribution in [1.29, 1.82) is 0 Å². The molecule has 4 nitrogen and oxygen atoms in total. The third-order valence-corrected chi connectivity index (χ3v) is 3.28. The van der Waals surface area contributed by atoms with E-state index in [2.05, 4.69) is 0 Å². The molecule has 0 saturated heterocycles. The van der Waals surface area contributed by atoms with Gasteiger partial charge < -0.3 is 9.84 Å². The molecule has 0 bridgehead atoms. The lowest BCUT2D eigenvalue weighted by Crippen LogP contribution is -2.00. The van der Waals surface area contributed by atoms with Crippen molar-refractivity contribution >= 4 is 33.5 Å². The van der Waals surface area contributed by atoms with Crippen LogP contribution in [-0.4, -0.2) is 17.0 Å². The number of hydrogen-bond donors (Lipinski definition) is 1. The van der Waals surface area contributed by atoms with E-state index in [1.807, 2.05) is 18.2 Å². The molecule has 21 heavy (non-hydrogen) atoms. The maximum Gasteiger partial charge on any atom is 0.335 e. The van der Waals surface area contributed by atoms with Crippen LogP contribution >= 0.6 is 0 Å². The van der Waals surface area contributed by atoms with Gasteiger partial charge in [0.1, 0.15) is 5.75 Å². The van der Waals surface area contributed by atoms with Crippen molar-refractivity contribution in [2.75, 3.05) is 0 Å². The molecule has 0 aliphatic carbocycles.